The van der Waals surface area contributed by atoms with Crippen molar-refractivity contribution in [3.63, 3.8) is 0 Å². The molecule has 3 aromatic rings. The van der Waals surface area contributed by atoms with Crippen molar-refractivity contribution in [2.24, 2.45) is 5.92 Å². The van der Waals surface area contributed by atoms with Crippen LogP contribution >= 0.6 is 0 Å². The van der Waals surface area contributed by atoms with Gasteiger partial charge in [-0.25, -0.2) is 0 Å². The monoisotopic (exact) mass is 615 g/mol. The molecule has 45 heavy (non-hydrogen) atoms. The number of carbonyl (C=O) groups is 2. The number of nitrogens with one attached hydrogen (secondary N) is 2. The predicted octanol–water partition coefficient (Wildman–Crippen LogP) is 5.98. The number of benzene rings is 3. The Morgan fingerprint density at radius 2 is 1.53 bits per heavy atom. The van der Waals surface area contributed by atoms with E-state index in [1.165, 1.54) is 12.5 Å². The van der Waals surface area contributed by atoms with Crippen LogP contribution in [0.15, 0.2) is 78.9 Å². The third kappa shape index (κ3) is 10.2. The molecular formula is C37H49N3O5. The summed E-state index contributed by atoms with van der Waals surface area (Å²) in [6, 6.07) is 26.8. The molecule has 0 aliphatic carbocycles. The van der Waals surface area contributed by atoms with E-state index in [2.05, 4.69) is 60.7 Å². The second-order valence-electron chi connectivity index (χ2n) is 12.2. The van der Waals surface area contributed by atoms with Crippen molar-refractivity contribution >= 4 is 11.8 Å². The van der Waals surface area contributed by atoms with Crippen LogP contribution in [0.4, 0.5) is 0 Å². The molecule has 1 aliphatic heterocycles. The minimum atomic E-state index is -0.546. The van der Waals surface area contributed by atoms with Crippen molar-refractivity contribution in [3.05, 3.63) is 107 Å². The summed E-state index contributed by atoms with van der Waals surface area (Å²) in [4.78, 5) is 25.6. The van der Waals surface area contributed by atoms with Gasteiger partial charge in [0.25, 0.3) is 0 Å². The topological polar surface area (TPSA) is 100 Å². The summed E-state index contributed by atoms with van der Waals surface area (Å²) in [5, 5.41) is 15.3. The maximum atomic E-state index is 12.3. The summed E-state index contributed by atoms with van der Waals surface area (Å²) >= 11 is 0. The Morgan fingerprint density at radius 3 is 2.20 bits per heavy atom. The maximum Gasteiger partial charge on any atom is 0.220 e. The van der Waals surface area contributed by atoms with Crippen molar-refractivity contribution in [1.29, 1.82) is 0 Å². The number of carbonyl (C=O) groups excluding carboxylic acids is 2. The highest BCUT2D eigenvalue weighted by atomic mass is 16.7. The normalized spacial score (nSPS) is 20.5. The molecular weight excluding hydrogens is 566 g/mol. The molecule has 5 atom stereocenters. The highest BCUT2D eigenvalue weighted by Gasteiger charge is 2.39. The molecule has 242 valence electrons. The molecule has 0 saturated carbocycles. The Bertz CT molecular complexity index is 1330. The summed E-state index contributed by atoms with van der Waals surface area (Å²) in [7, 11) is 2.14. The maximum absolute atomic E-state index is 12.3. The molecule has 3 N–H and O–H groups in total. The quantitative estimate of drug-likeness (QED) is 0.182. The van der Waals surface area contributed by atoms with Gasteiger partial charge in [0.05, 0.1) is 18.8 Å². The molecule has 0 aromatic heterocycles. The molecule has 3 aromatic carbocycles. The number of hydrogen-bond acceptors (Lipinski definition) is 6. The van der Waals surface area contributed by atoms with Crippen LogP contribution in [0.2, 0.25) is 0 Å². The van der Waals surface area contributed by atoms with Gasteiger partial charge in [0.15, 0.2) is 6.29 Å². The van der Waals surface area contributed by atoms with E-state index in [0.29, 0.717) is 19.5 Å². The van der Waals surface area contributed by atoms with Crippen LogP contribution in [-0.4, -0.2) is 48.1 Å². The van der Waals surface area contributed by atoms with Crippen molar-refractivity contribution in [1.82, 2.24) is 15.5 Å². The minimum absolute atomic E-state index is 0.00459. The van der Waals surface area contributed by atoms with Crippen molar-refractivity contribution in [2.75, 3.05) is 20.1 Å². The van der Waals surface area contributed by atoms with Crippen LogP contribution in [-0.2, 0) is 32.2 Å². The number of amides is 2. The van der Waals surface area contributed by atoms with Gasteiger partial charge in [0.1, 0.15) is 0 Å². The highest BCUT2D eigenvalue weighted by Crippen LogP contribution is 2.42. The van der Waals surface area contributed by atoms with Crippen LogP contribution in [0.25, 0.3) is 0 Å². The van der Waals surface area contributed by atoms with Gasteiger partial charge in [-0.3, -0.25) is 14.5 Å². The van der Waals surface area contributed by atoms with Crippen LogP contribution in [0.5, 0.6) is 0 Å². The molecule has 2 amide bonds. The standard InChI is InChI=1S/C37H49N3O5/c1-26-34(24-40(4)27(2)31-11-7-5-8-12-31)44-37(45-36(26)32-18-16-30(25-41)17-19-32)33-20-14-29(15-21-33)23-39-35(43)13-9-6-10-22-38-28(3)42/h5,7-8,11-12,14-21,26-27,34,36-37,41H,6,9-10,13,22-25H2,1-4H3,(H,38,42)(H,39,43)/t26-,27+,34+,36+,37+/m1/s1. The largest absolute Gasteiger partial charge is 0.392 e. The minimum Gasteiger partial charge on any atom is -0.392 e. The van der Waals surface area contributed by atoms with Gasteiger partial charge in [-0.2, -0.15) is 0 Å². The summed E-state index contributed by atoms with van der Waals surface area (Å²) < 4.78 is 13.3. The molecule has 0 spiro atoms. The lowest BCUT2D eigenvalue weighted by Crippen LogP contribution is -2.44. The third-order valence-corrected chi connectivity index (χ3v) is 8.73. The first-order valence-electron chi connectivity index (χ1n) is 16.1. The fraction of sp³-hybridized carbons (Fsp3) is 0.459. The second kappa shape index (κ2) is 17.2. The number of nitrogens with zero attached hydrogens (tertiary/aromatic N) is 1. The van der Waals surface area contributed by atoms with Crippen LogP contribution < -0.4 is 10.6 Å². The number of rotatable bonds is 15. The average molecular weight is 616 g/mol. The van der Waals surface area contributed by atoms with Gasteiger partial charge >= 0.3 is 0 Å². The van der Waals surface area contributed by atoms with Crippen molar-refractivity contribution < 1.29 is 24.2 Å². The Balaban J connectivity index is 1.39. The van der Waals surface area contributed by atoms with E-state index in [4.69, 9.17) is 9.47 Å². The molecule has 4 rings (SSSR count). The predicted molar refractivity (Wildman–Crippen MR) is 176 cm³/mol. The lowest BCUT2D eigenvalue weighted by atomic mass is 9.89. The Hall–Kier alpha value is -3.56. The molecule has 1 saturated heterocycles. The Morgan fingerprint density at radius 1 is 0.867 bits per heavy atom. The first-order chi connectivity index (χ1) is 21.7. The lowest BCUT2D eigenvalue weighted by molar-refractivity contribution is -0.276. The summed E-state index contributed by atoms with van der Waals surface area (Å²) in [6.45, 7) is 7.76. The van der Waals surface area contributed by atoms with Crippen LogP contribution in [0.3, 0.4) is 0 Å². The van der Waals surface area contributed by atoms with Gasteiger partial charge in [-0.05, 0) is 49.1 Å². The van der Waals surface area contributed by atoms with Crippen LogP contribution in [0.1, 0.15) is 92.7 Å². The lowest BCUT2D eigenvalue weighted by Gasteiger charge is -2.43. The molecule has 8 nitrogen and oxygen atoms in total. The van der Waals surface area contributed by atoms with Gasteiger partial charge in [0, 0.05) is 50.5 Å². The van der Waals surface area contributed by atoms with E-state index >= 15 is 0 Å². The van der Waals surface area contributed by atoms with E-state index < -0.39 is 6.29 Å². The zero-order valence-corrected chi connectivity index (χ0v) is 27.1. The molecule has 1 fully saturated rings. The smallest absolute Gasteiger partial charge is 0.220 e. The number of aliphatic hydroxyl groups excluding tert-OH is 1. The van der Waals surface area contributed by atoms with Gasteiger partial charge < -0.3 is 25.2 Å². The second-order valence-corrected chi connectivity index (χ2v) is 12.2. The Labute approximate surface area is 268 Å². The molecule has 0 unspecified atom stereocenters. The molecule has 8 heteroatoms. The number of aliphatic hydroxyl groups is 1. The number of unbranched alkanes of at least 4 members (excludes halogenated alkanes) is 2. The molecule has 1 heterocycles. The van der Waals surface area contributed by atoms with Gasteiger partial charge in [-0.1, -0.05) is 92.2 Å². The summed E-state index contributed by atoms with van der Waals surface area (Å²) in [6.07, 6.45) is 2.23. The zero-order valence-electron chi connectivity index (χ0n) is 27.1. The fourth-order valence-corrected chi connectivity index (χ4v) is 5.69. The first-order valence-corrected chi connectivity index (χ1v) is 16.1. The molecule has 0 bridgehead atoms. The number of hydrogen-bond donors (Lipinski definition) is 3. The number of ether oxygens (including phenoxy) is 2. The van der Waals surface area contributed by atoms with Gasteiger partial charge in [0.2, 0.25) is 11.8 Å². The summed E-state index contributed by atoms with van der Waals surface area (Å²) in [5.74, 6) is 0.0917. The number of likely N-dealkylation sites (N-methyl/N-ethyl adjacent to an activating group) is 1. The SMILES string of the molecule is CC(=O)NCCCCCC(=O)NCc1ccc([C@H]2O[C@@H](CN(C)[C@@H](C)c3ccccc3)[C@@H](C)[C@@H](c3ccc(CO)cc3)O2)cc1. The van der Waals surface area contributed by atoms with E-state index in [-0.39, 0.29) is 42.6 Å². The van der Waals surface area contributed by atoms with E-state index in [1.807, 2.05) is 54.6 Å². The van der Waals surface area contributed by atoms with Crippen molar-refractivity contribution in [3.8, 4) is 0 Å². The van der Waals surface area contributed by atoms with E-state index in [0.717, 1.165) is 48.1 Å². The van der Waals surface area contributed by atoms with Crippen molar-refractivity contribution in [2.45, 2.75) is 84.1 Å². The average Bonchev–Trinajstić information content (AvgIpc) is 3.06. The zero-order chi connectivity index (χ0) is 32.2. The summed E-state index contributed by atoms with van der Waals surface area (Å²) in [5.41, 5.74) is 5.12. The first kappa shape index (κ1) is 34.3. The Kier molecular flexibility index (Phi) is 13.1. The molecule has 0 radical (unpaired) electrons. The third-order valence-electron chi connectivity index (χ3n) is 8.73. The highest BCUT2D eigenvalue weighted by molar-refractivity contribution is 5.75. The van der Waals surface area contributed by atoms with E-state index in [9.17, 15) is 14.7 Å². The fourth-order valence-electron chi connectivity index (χ4n) is 5.69. The van der Waals surface area contributed by atoms with Crippen LogP contribution in [0, 0.1) is 5.92 Å². The van der Waals surface area contributed by atoms with Gasteiger partial charge in [-0.15, -0.1) is 0 Å². The van der Waals surface area contributed by atoms with E-state index in [1.54, 1.807) is 0 Å². The molecule has 1 aliphatic rings.